The molecule has 3 saturated heterocycles. The molecule has 4 aliphatic rings. The minimum Gasteiger partial charge on any atom is -0.459 e. The number of rotatable bonds is 10. The molecule has 47 heavy (non-hydrogen) atoms. The number of aliphatic hydroxyl groups is 1. The van der Waals surface area contributed by atoms with Crippen LogP contribution in [0.25, 0.3) is 11.6 Å². The summed E-state index contributed by atoms with van der Waals surface area (Å²) in [4.78, 5) is 32.4. The number of hydrogen-bond acceptors (Lipinski definition) is 6. The number of carbonyl (C=O) groups is 2. The summed E-state index contributed by atoms with van der Waals surface area (Å²) in [7, 11) is 0. The summed E-state index contributed by atoms with van der Waals surface area (Å²) in [5.74, 6) is 0.945. The van der Waals surface area contributed by atoms with Crippen LogP contribution in [0.4, 0.5) is 0 Å². The van der Waals surface area contributed by atoms with Gasteiger partial charge in [0.25, 0.3) is 0 Å². The maximum Gasteiger partial charge on any atom is 0.234 e. The van der Waals surface area contributed by atoms with E-state index in [4.69, 9.17) is 9.15 Å². The number of amides is 2. The molecule has 7 heteroatoms. The van der Waals surface area contributed by atoms with E-state index in [0.717, 1.165) is 56.5 Å². The molecule has 1 N–H and O–H groups in total. The molecular weight excluding hydrogens is 588 g/mol. The van der Waals surface area contributed by atoms with E-state index in [1.165, 1.54) is 16.7 Å². The Hall–Kier alpha value is -3.78. The van der Waals surface area contributed by atoms with Gasteiger partial charge in [-0.15, -0.1) is 0 Å². The second kappa shape index (κ2) is 13.8. The van der Waals surface area contributed by atoms with Crippen LogP contribution in [0.3, 0.4) is 0 Å². The molecule has 3 aliphatic heterocycles. The van der Waals surface area contributed by atoms with Crippen LogP contribution in [0.2, 0.25) is 0 Å². The lowest BCUT2D eigenvalue weighted by Gasteiger charge is -2.36. The van der Waals surface area contributed by atoms with Crippen molar-refractivity contribution < 1.29 is 23.8 Å². The Morgan fingerprint density at radius 2 is 1.66 bits per heavy atom. The molecular formula is C40H46N2O5. The molecule has 4 atom stereocenters. The smallest absolute Gasteiger partial charge is 0.234 e. The molecule has 1 aliphatic carbocycles. The number of likely N-dealkylation sites (tertiary alicyclic amines) is 2. The molecule has 3 fully saturated rings. The fourth-order valence-electron chi connectivity index (χ4n) is 8.49. The zero-order valence-electron chi connectivity index (χ0n) is 27.5. The molecule has 2 aromatic carbocycles. The maximum atomic E-state index is 14.2. The number of carbonyl (C=O) groups excluding carboxylic acids is 2. The first-order valence-corrected chi connectivity index (χ1v) is 17.3. The number of allylic oxidation sites excluding steroid dienone is 2. The zero-order valence-corrected chi connectivity index (χ0v) is 27.5. The van der Waals surface area contributed by atoms with Crippen molar-refractivity contribution in [1.82, 2.24) is 9.80 Å². The molecule has 2 amide bonds. The van der Waals surface area contributed by atoms with Crippen LogP contribution in [0.1, 0.15) is 68.6 Å². The van der Waals surface area contributed by atoms with Crippen LogP contribution in [0, 0.1) is 23.7 Å². The number of fused-ring (bicyclic) bond motifs is 3. The first-order chi connectivity index (χ1) is 22.9. The largest absolute Gasteiger partial charge is 0.459 e. The van der Waals surface area contributed by atoms with Gasteiger partial charge in [-0.25, -0.2) is 0 Å². The van der Waals surface area contributed by atoms with Crippen molar-refractivity contribution >= 4 is 23.5 Å². The van der Waals surface area contributed by atoms with E-state index in [-0.39, 0.29) is 54.2 Å². The molecule has 4 heterocycles. The van der Waals surface area contributed by atoms with E-state index in [0.29, 0.717) is 24.5 Å². The van der Waals surface area contributed by atoms with Gasteiger partial charge in [-0.05, 0) is 78.5 Å². The highest BCUT2D eigenvalue weighted by molar-refractivity contribution is 6.06. The lowest BCUT2D eigenvalue weighted by atomic mass is 9.67. The Morgan fingerprint density at radius 3 is 2.34 bits per heavy atom. The summed E-state index contributed by atoms with van der Waals surface area (Å²) < 4.78 is 12.4. The predicted molar refractivity (Wildman–Crippen MR) is 181 cm³/mol. The topological polar surface area (TPSA) is 83.2 Å². The highest BCUT2D eigenvalue weighted by Gasteiger charge is 2.58. The Balaban J connectivity index is 1.07. The molecule has 246 valence electrons. The second-order valence-electron chi connectivity index (χ2n) is 14.0. The number of benzene rings is 2. The van der Waals surface area contributed by atoms with Gasteiger partial charge in [-0.3, -0.25) is 19.4 Å². The zero-order chi connectivity index (χ0) is 32.5. The molecule has 7 nitrogen and oxygen atoms in total. The van der Waals surface area contributed by atoms with E-state index in [2.05, 4.69) is 61.2 Å². The van der Waals surface area contributed by atoms with Crippen molar-refractivity contribution in [3.05, 3.63) is 107 Å². The minimum atomic E-state index is -0.323. The Bertz CT molecular complexity index is 1630. The molecule has 0 saturated carbocycles. The van der Waals surface area contributed by atoms with Crippen molar-refractivity contribution in [1.29, 1.82) is 0 Å². The number of nitrogens with zero attached hydrogens (tertiary/aromatic N) is 2. The van der Waals surface area contributed by atoms with E-state index in [9.17, 15) is 14.7 Å². The van der Waals surface area contributed by atoms with Crippen LogP contribution >= 0.6 is 0 Å². The van der Waals surface area contributed by atoms with Gasteiger partial charge in [0, 0.05) is 31.6 Å². The predicted octanol–water partition coefficient (Wildman–Crippen LogP) is 6.73. The molecule has 7 rings (SSSR count). The standard InChI is InChI=1S/C40H46N2O5/c1-26(2)33-22-34-38(40(45)42(39(34)44)30-17-19-41(20-18-30)23-27-9-5-3-6-10-27)35-25-46-36(37(33)35)16-13-29(28-11-7-4-8-12-28)21-31-14-15-32(24-43)47-31/h3-12,14-15,21,26,30,34-36,38,43H,13,16-20,22-25H2,1-2H3/b29-21-/t34-,35+,36-,38-/m1/s1. The van der Waals surface area contributed by atoms with Gasteiger partial charge in [-0.2, -0.15) is 0 Å². The minimum absolute atomic E-state index is 0.0248. The number of piperidine rings is 1. The van der Waals surface area contributed by atoms with Crippen LogP contribution in [0.15, 0.2) is 88.4 Å². The maximum absolute atomic E-state index is 14.2. The third-order valence-corrected chi connectivity index (χ3v) is 10.8. The lowest BCUT2D eigenvalue weighted by Crippen LogP contribution is -2.47. The average Bonchev–Trinajstić information content (AvgIpc) is 3.80. The number of furan rings is 1. The van der Waals surface area contributed by atoms with Crippen molar-refractivity contribution in [3.63, 3.8) is 0 Å². The summed E-state index contributed by atoms with van der Waals surface area (Å²) >= 11 is 0. The third-order valence-electron chi connectivity index (χ3n) is 10.8. The van der Waals surface area contributed by atoms with Crippen molar-refractivity contribution in [2.45, 2.75) is 71.2 Å². The summed E-state index contributed by atoms with van der Waals surface area (Å²) in [5, 5.41) is 9.49. The summed E-state index contributed by atoms with van der Waals surface area (Å²) in [6, 6.07) is 24.5. The van der Waals surface area contributed by atoms with Gasteiger partial charge < -0.3 is 14.3 Å². The van der Waals surface area contributed by atoms with Crippen molar-refractivity contribution in [2.24, 2.45) is 23.7 Å². The third kappa shape index (κ3) is 6.41. The molecule has 1 aromatic heterocycles. The van der Waals surface area contributed by atoms with Gasteiger partial charge >= 0.3 is 0 Å². The fourth-order valence-corrected chi connectivity index (χ4v) is 8.49. The SMILES string of the molecule is CC(C)C1=C2[C@@H](CC/C(=C/c3ccc(CO)o3)c3ccccc3)OC[C@@H]2[C@@H]2C(=O)N(C3CCN(Cc4ccccc4)CC3)C(=O)[C@@H]2C1. The van der Waals surface area contributed by atoms with E-state index < -0.39 is 0 Å². The summed E-state index contributed by atoms with van der Waals surface area (Å²) in [6.45, 7) is 7.45. The molecule has 3 aromatic rings. The first kappa shape index (κ1) is 31.8. The van der Waals surface area contributed by atoms with Gasteiger partial charge in [0.05, 0.1) is 24.5 Å². The van der Waals surface area contributed by atoms with Crippen molar-refractivity contribution in [3.8, 4) is 0 Å². The molecule has 0 unspecified atom stereocenters. The molecule has 0 bridgehead atoms. The highest BCUT2D eigenvalue weighted by atomic mass is 16.5. The van der Waals surface area contributed by atoms with Gasteiger partial charge in [0.2, 0.25) is 11.8 Å². The summed E-state index contributed by atoms with van der Waals surface area (Å²) in [6.07, 6.45) is 5.81. The van der Waals surface area contributed by atoms with Crippen LogP contribution in [-0.2, 0) is 27.5 Å². The summed E-state index contributed by atoms with van der Waals surface area (Å²) in [5.41, 5.74) is 6.13. The fraction of sp³-hybridized carbons (Fsp3) is 0.450. The second-order valence-corrected chi connectivity index (χ2v) is 14.0. The highest BCUT2D eigenvalue weighted by Crippen LogP contribution is 2.52. The average molecular weight is 635 g/mol. The lowest BCUT2D eigenvalue weighted by molar-refractivity contribution is -0.144. The Morgan fingerprint density at radius 1 is 0.936 bits per heavy atom. The number of imide groups is 1. The van der Waals surface area contributed by atoms with Crippen molar-refractivity contribution in [2.75, 3.05) is 19.7 Å². The quantitative estimate of drug-likeness (QED) is 0.197. The van der Waals surface area contributed by atoms with E-state index in [1.807, 2.05) is 30.3 Å². The monoisotopic (exact) mass is 634 g/mol. The van der Waals surface area contributed by atoms with Crippen LogP contribution in [0.5, 0.6) is 0 Å². The van der Waals surface area contributed by atoms with E-state index in [1.54, 1.807) is 11.0 Å². The number of ether oxygens (including phenoxy) is 1. The Kier molecular flexibility index (Phi) is 9.31. The molecule has 0 radical (unpaired) electrons. The van der Waals surface area contributed by atoms with Gasteiger partial charge in [0.1, 0.15) is 18.1 Å². The normalized spacial score (nSPS) is 25.6. The van der Waals surface area contributed by atoms with Crippen LogP contribution in [-0.4, -0.2) is 58.6 Å². The van der Waals surface area contributed by atoms with Crippen LogP contribution < -0.4 is 0 Å². The van der Waals surface area contributed by atoms with E-state index >= 15 is 0 Å². The Labute approximate surface area is 277 Å². The number of aliphatic hydroxyl groups excluding tert-OH is 1. The molecule has 0 spiro atoms. The van der Waals surface area contributed by atoms with Gasteiger partial charge in [0.15, 0.2) is 0 Å². The van der Waals surface area contributed by atoms with Gasteiger partial charge in [-0.1, -0.05) is 80.1 Å². The number of hydrogen-bond donors (Lipinski definition) is 1. The first-order valence-electron chi connectivity index (χ1n) is 17.3.